The van der Waals surface area contributed by atoms with Gasteiger partial charge in [-0.1, -0.05) is 6.07 Å². The summed E-state index contributed by atoms with van der Waals surface area (Å²) in [5.41, 5.74) is 2.24. The van der Waals surface area contributed by atoms with Crippen LogP contribution in [0.1, 0.15) is 30.1 Å². The van der Waals surface area contributed by atoms with E-state index in [1.807, 2.05) is 36.9 Å². The van der Waals surface area contributed by atoms with Gasteiger partial charge in [-0.2, -0.15) is 17.7 Å². The normalized spacial score (nSPS) is 15.1. The Labute approximate surface area is 198 Å². The third-order valence-corrected chi connectivity index (χ3v) is 6.10. The number of hydrogen-bond acceptors (Lipinski definition) is 7. The van der Waals surface area contributed by atoms with Crippen molar-refractivity contribution in [3.05, 3.63) is 53.7 Å². The van der Waals surface area contributed by atoms with Gasteiger partial charge in [-0.25, -0.2) is 4.98 Å². The summed E-state index contributed by atoms with van der Waals surface area (Å²) in [6.45, 7) is 4.68. The number of carbonyl (C=O) groups excluding carboxylic acids is 1. The number of hydrogen-bond donors (Lipinski definition) is 1. The minimum Gasteiger partial charge on any atom is -0.441 e. The van der Waals surface area contributed by atoms with E-state index in [0.29, 0.717) is 47.8 Å². The number of rotatable bonds is 4. The van der Waals surface area contributed by atoms with Crippen molar-refractivity contribution in [2.45, 2.75) is 32.9 Å². The number of nitrogens with zero attached hydrogens (tertiary/aromatic N) is 6. The Bertz CT molecular complexity index is 1370. The summed E-state index contributed by atoms with van der Waals surface area (Å²) in [4.78, 5) is 19.1. The number of nitrogens with one attached hydrogen (secondary N) is 1. The minimum absolute atomic E-state index is 0.0210. The molecule has 0 aliphatic carbocycles. The highest BCUT2D eigenvalue weighted by molar-refractivity contribution is 5.93. The largest absolute Gasteiger partial charge is 0.453 e. The molecule has 4 aromatic rings. The van der Waals surface area contributed by atoms with Crippen LogP contribution < -0.4 is 10.2 Å². The van der Waals surface area contributed by atoms with Gasteiger partial charge in [0.1, 0.15) is 11.6 Å². The van der Waals surface area contributed by atoms with Crippen LogP contribution in [0.4, 0.5) is 24.7 Å². The Kier molecular flexibility index (Phi) is 5.65. The first-order chi connectivity index (χ1) is 16.7. The minimum atomic E-state index is -4.65. The van der Waals surface area contributed by atoms with Crippen LogP contribution in [0.15, 0.2) is 40.8 Å². The van der Waals surface area contributed by atoms with Gasteiger partial charge < -0.3 is 14.6 Å². The molecule has 0 saturated carbocycles. The van der Waals surface area contributed by atoms with Crippen molar-refractivity contribution in [2.24, 2.45) is 5.92 Å². The van der Waals surface area contributed by atoms with Gasteiger partial charge in [-0.15, -0.1) is 15.3 Å². The molecule has 1 saturated heterocycles. The van der Waals surface area contributed by atoms with E-state index in [1.165, 1.54) is 6.07 Å². The van der Waals surface area contributed by atoms with Crippen molar-refractivity contribution >= 4 is 23.1 Å². The molecule has 0 unspecified atom stereocenters. The monoisotopic (exact) mass is 485 g/mol. The zero-order chi connectivity index (χ0) is 24.7. The molecule has 1 aromatic carbocycles. The average Bonchev–Trinajstić information content (AvgIpc) is 3.42. The van der Waals surface area contributed by atoms with Crippen molar-refractivity contribution in [1.29, 1.82) is 0 Å². The summed E-state index contributed by atoms with van der Waals surface area (Å²) in [6.07, 6.45) is -3.58. The van der Waals surface area contributed by atoms with Gasteiger partial charge in [0.05, 0.1) is 5.69 Å². The number of oxazole rings is 1. The number of amides is 1. The number of alkyl halides is 3. The molecule has 3 aromatic heterocycles. The van der Waals surface area contributed by atoms with Crippen LogP contribution in [0.3, 0.4) is 0 Å². The summed E-state index contributed by atoms with van der Waals surface area (Å²) in [6, 6.07) is 10.4. The highest BCUT2D eigenvalue weighted by Crippen LogP contribution is 2.29. The van der Waals surface area contributed by atoms with E-state index in [0.717, 1.165) is 17.0 Å². The summed E-state index contributed by atoms with van der Waals surface area (Å²) < 4.78 is 45.8. The van der Waals surface area contributed by atoms with Crippen LogP contribution in [-0.4, -0.2) is 43.8 Å². The number of piperidine rings is 1. The van der Waals surface area contributed by atoms with Gasteiger partial charge >= 0.3 is 6.18 Å². The molecule has 0 bridgehead atoms. The third kappa shape index (κ3) is 4.55. The SMILES string of the molecule is Cc1nc(-c2cccc(NC(=O)C3CCN(c4ccc5nnc(C(F)(F)F)n5n4)CC3)c2)oc1C. The Balaban J connectivity index is 1.24. The predicted octanol–water partition coefficient (Wildman–Crippen LogP) is 4.27. The second-order valence-electron chi connectivity index (χ2n) is 8.47. The van der Waals surface area contributed by atoms with Crippen LogP contribution in [0.5, 0.6) is 0 Å². The first-order valence-corrected chi connectivity index (χ1v) is 11.1. The Morgan fingerprint density at radius 2 is 1.89 bits per heavy atom. The van der Waals surface area contributed by atoms with Crippen LogP contribution in [-0.2, 0) is 11.0 Å². The molecule has 4 heterocycles. The number of fused-ring (bicyclic) bond motifs is 1. The van der Waals surface area contributed by atoms with Gasteiger partial charge in [0.2, 0.25) is 11.8 Å². The lowest BCUT2D eigenvalue weighted by atomic mass is 9.95. The zero-order valence-corrected chi connectivity index (χ0v) is 19.0. The molecule has 1 aliphatic rings. The van der Waals surface area contributed by atoms with Crippen molar-refractivity contribution in [3.63, 3.8) is 0 Å². The molecule has 9 nitrogen and oxygen atoms in total. The van der Waals surface area contributed by atoms with E-state index in [1.54, 1.807) is 12.1 Å². The topological polar surface area (TPSA) is 101 Å². The van der Waals surface area contributed by atoms with Crippen molar-refractivity contribution < 1.29 is 22.4 Å². The number of anilines is 2. The molecule has 0 spiro atoms. The maximum Gasteiger partial charge on any atom is 0.453 e. The van der Waals surface area contributed by atoms with Gasteiger partial charge in [0, 0.05) is 30.3 Å². The lowest BCUT2D eigenvalue weighted by Crippen LogP contribution is -2.38. The highest BCUT2D eigenvalue weighted by Gasteiger charge is 2.38. The Hall–Kier alpha value is -3.96. The fraction of sp³-hybridized carbons (Fsp3) is 0.348. The predicted molar refractivity (Wildman–Crippen MR) is 121 cm³/mol. The molecule has 0 atom stereocenters. The lowest BCUT2D eigenvalue weighted by molar-refractivity contribution is -0.146. The smallest absolute Gasteiger partial charge is 0.441 e. The van der Waals surface area contributed by atoms with Gasteiger partial charge in [-0.3, -0.25) is 4.79 Å². The standard InChI is InChI=1S/C23H22F3N7O2/c1-13-14(2)35-21(27-13)16-4-3-5-17(12-16)28-20(34)15-8-10-32(11-9-15)19-7-6-18-29-30-22(23(24,25)26)33(18)31-19/h3-7,12,15H,8-11H2,1-2H3,(H,28,34). The molecule has 182 valence electrons. The molecule has 1 N–H and O–H groups in total. The van der Waals surface area contributed by atoms with Crippen LogP contribution >= 0.6 is 0 Å². The molecule has 5 rings (SSSR count). The van der Waals surface area contributed by atoms with E-state index in [9.17, 15) is 18.0 Å². The summed E-state index contributed by atoms with van der Waals surface area (Å²) in [5, 5.41) is 13.8. The lowest BCUT2D eigenvalue weighted by Gasteiger charge is -2.32. The third-order valence-electron chi connectivity index (χ3n) is 6.10. The van der Waals surface area contributed by atoms with Crippen molar-refractivity contribution in [1.82, 2.24) is 24.8 Å². The summed E-state index contributed by atoms with van der Waals surface area (Å²) >= 11 is 0. The Morgan fingerprint density at radius 1 is 1.11 bits per heavy atom. The van der Waals surface area contributed by atoms with E-state index in [-0.39, 0.29) is 17.5 Å². The molecule has 35 heavy (non-hydrogen) atoms. The average molecular weight is 485 g/mol. The molecular formula is C23H22F3N7O2. The maximum absolute atomic E-state index is 13.2. The first kappa shape index (κ1) is 22.8. The molecular weight excluding hydrogens is 463 g/mol. The van der Waals surface area contributed by atoms with E-state index >= 15 is 0 Å². The fourth-order valence-electron chi connectivity index (χ4n) is 4.07. The van der Waals surface area contributed by atoms with Crippen LogP contribution in [0.25, 0.3) is 17.1 Å². The molecule has 1 aliphatic heterocycles. The number of halogens is 3. The number of benzene rings is 1. The number of carbonyl (C=O) groups is 1. The van der Waals surface area contributed by atoms with Crippen molar-refractivity contribution in [2.75, 3.05) is 23.3 Å². The van der Waals surface area contributed by atoms with E-state index in [4.69, 9.17) is 4.42 Å². The summed E-state index contributed by atoms with van der Waals surface area (Å²) in [7, 11) is 0. The molecule has 1 amide bonds. The number of aryl methyl sites for hydroxylation is 2. The number of aromatic nitrogens is 5. The maximum atomic E-state index is 13.2. The van der Waals surface area contributed by atoms with E-state index in [2.05, 4.69) is 25.6 Å². The highest BCUT2D eigenvalue weighted by atomic mass is 19.4. The fourth-order valence-corrected chi connectivity index (χ4v) is 4.07. The second-order valence-corrected chi connectivity index (χ2v) is 8.47. The van der Waals surface area contributed by atoms with Gasteiger partial charge in [0.15, 0.2) is 5.65 Å². The zero-order valence-electron chi connectivity index (χ0n) is 19.0. The van der Waals surface area contributed by atoms with Gasteiger partial charge in [0.25, 0.3) is 5.82 Å². The second kappa shape index (κ2) is 8.67. The quantitative estimate of drug-likeness (QED) is 0.461. The first-order valence-electron chi connectivity index (χ1n) is 11.1. The molecule has 1 fully saturated rings. The van der Waals surface area contributed by atoms with Crippen molar-refractivity contribution in [3.8, 4) is 11.5 Å². The summed E-state index contributed by atoms with van der Waals surface area (Å²) in [5.74, 6) is 0.116. The van der Waals surface area contributed by atoms with Crippen LogP contribution in [0, 0.1) is 19.8 Å². The Morgan fingerprint density at radius 3 is 2.57 bits per heavy atom. The van der Waals surface area contributed by atoms with Gasteiger partial charge in [-0.05, 0) is 57.0 Å². The van der Waals surface area contributed by atoms with Crippen LogP contribution in [0.2, 0.25) is 0 Å². The molecule has 0 radical (unpaired) electrons. The molecule has 12 heteroatoms. The van der Waals surface area contributed by atoms with E-state index < -0.39 is 12.0 Å².